The molecule has 0 radical (unpaired) electrons. The van der Waals surface area contributed by atoms with Gasteiger partial charge in [0.15, 0.2) is 11.0 Å². The first-order valence-corrected chi connectivity index (χ1v) is 10.3. The van der Waals surface area contributed by atoms with Gasteiger partial charge in [-0.05, 0) is 42.8 Å². The fraction of sp³-hybridized carbons (Fsp3) is 0.0909. The molecule has 156 valence electrons. The van der Waals surface area contributed by atoms with Gasteiger partial charge in [-0.1, -0.05) is 47.3 Å². The van der Waals surface area contributed by atoms with E-state index in [0.717, 1.165) is 17.3 Å². The van der Waals surface area contributed by atoms with E-state index in [0.29, 0.717) is 22.4 Å². The zero-order valence-electron chi connectivity index (χ0n) is 16.4. The Hall–Kier alpha value is -3.72. The number of carbonyl (C=O) groups excluding carboxylic acids is 2. The highest BCUT2D eigenvalue weighted by molar-refractivity contribution is 8.14. The monoisotopic (exact) mass is 436 g/mol. The van der Waals surface area contributed by atoms with Crippen LogP contribution in [0.15, 0.2) is 75.9 Å². The number of amides is 2. The summed E-state index contributed by atoms with van der Waals surface area (Å²) in [7, 11) is 0. The van der Waals surface area contributed by atoms with E-state index < -0.39 is 5.82 Å². The van der Waals surface area contributed by atoms with Crippen LogP contribution in [0.1, 0.15) is 11.3 Å². The van der Waals surface area contributed by atoms with Gasteiger partial charge in [0.25, 0.3) is 5.91 Å². The molecule has 0 aliphatic carbocycles. The Morgan fingerprint density at radius 1 is 1.19 bits per heavy atom. The number of aromatic nitrogens is 1. The number of halogens is 1. The van der Waals surface area contributed by atoms with E-state index in [1.165, 1.54) is 29.2 Å². The Bertz CT molecular complexity index is 1170. The molecule has 1 aliphatic rings. The molecule has 0 saturated carbocycles. The first kappa shape index (κ1) is 20.5. The first-order valence-electron chi connectivity index (χ1n) is 9.31. The van der Waals surface area contributed by atoms with Gasteiger partial charge in [-0.15, -0.1) is 0 Å². The van der Waals surface area contributed by atoms with Crippen LogP contribution < -0.4 is 10.2 Å². The molecule has 2 heterocycles. The molecule has 7 nitrogen and oxygen atoms in total. The summed E-state index contributed by atoms with van der Waals surface area (Å²) in [6.45, 7) is 1.72. The normalized spacial score (nSPS) is 14.8. The summed E-state index contributed by atoms with van der Waals surface area (Å²) in [5.41, 5.74) is 1.51. The fourth-order valence-corrected chi connectivity index (χ4v) is 3.67. The highest BCUT2D eigenvalue weighted by Crippen LogP contribution is 2.29. The third-order valence-corrected chi connectivity index (χ3v) is 5.18. The second kappa shape index (κ2) is 8.97. The topological polar surface area (TPSA) is 87.8 Å². The highest BCUT2D eigenvalue weighted by atomic mass is 32.2. The molecule has 3 aromatic rings. The van der Waals surface area contributed by atoms with Gasteiger partial charge in [0.05, 0.1) is 11.4 Å². The summed E-state index contributed by atoms with van der Waals surface area (Å²) in [5.74, 6) is -0.212. The lowest BCUT2D eigenvalue weighted by Crippen LogP contribution is -2.31. The van der Waals surface area contributed by atoms with Crippen molar-refractivity contribution < 1.29 is 18.5 Å². The average Bonchev–Trinajstić information content (AvgIpc) is 3.30. The first-order chi connectivity index (χ1) is 15.0. The van der Waals surface area contributed by atoms with E-state index in [-0.39, 0.29) is 23.3 Å². The number of aliphatic imine (C=N–C) groups is 1. The van der Waals surface area contributed by atoms with Crippen LogP contribution in [0.4, 0.5) is 15.9 Å². The maximum absolute atomic E-state index is 13.4. The third kappa shape index (κ3) is 4.89. The van der Waals surface area contributed by atoms with Crippen LogP contribution in [0.3, 0.4) is 0 Å². The molecule has 1 aliphatic heterocycles. The summed E-state index contributed by atoms with van der Waals surface area (Å²) >= 11 is 1.09. The lowest BCUT2D eigenvalue weighted by molar-refractivity contribution is -0.114. The molecule has 2 amide bonds. The van der Waals surface area contributed by atoms with Gasteiger partial charge in [-0.25, -0.2) is 9.38 Å². The molecule has 0 spiro atoms. The zero-order valence-corrected chi connectivity index (χ0v) is 17.2. The molecular weight excluding hydrogens is 419 g/mol. The number of aryl methyl sites for hydroxylation is 1. The van der Waals surface area contributed by atoms with Crippen molar-refractivity contribution in [1.82, 2.24) is 5.16 Å². The van der Waals surface area contributed by atoms with Crippen molar-refractivity contribution in [3.05, 3.63) is 83.5 Å². The van der Waals surface area contributed by atoms with E-state index >= 15 is 0 Å². The Morgan fingerprint density at radius 3 is 2.61 bits per heavy atom. The molecule has 1 N–H and O–H groups in total. The predicted octanol–water partition coefficient (Wildman–Crippen LogP) is 4.24. The van der Waals surface area contributed by atoms with Gasteiger partial charge in [-0.2, -0.15) is 0 Å². The minimum Gasteiger partial charge on any atom is -0.360 e. The molecule has 2 aromatic carbocycles. The summed E-state index contributed by atoms with van der Waals surface area (Å²) in [6, 6.07) is 16.4. The number of hydrogen-bond donors (Lipinski definition) is 1. The lowest BCUT2D eigenvalue weighted by Gasteiger charge is -2.17. The number of hydrogen-bond acceptors (Lipinski definition) is 6. The summed E-state index contributed by atoms with van der Waals surface area (Å²) in [6.07, 6.45) is 1.67. The fourth-order valence-electron chi connectivity index (χ4n) is 2.85. The van der Waals surface area contributed by atoms with Gasteiger partial charge in [0.1, 0.15) is 17.3 Å². The van der Waals surface area contributed by atoms with Crippen LogP contribution in [-0.2, 0) is 9.59 Å². The standard InChI is InChI=1S/C22H17FN4O3S/c1-14-11-19(26-30-14)25-20(28)13-31-22-24-18(12-15-5-3-2-4-6-15)21(29)27(22)17-9-7-16(23)8-10-17/h2-12H,13H2,1H3,(H,25,26,28). The number of amidine groups is 1. The van der Waals surface area contributed by atoms with Gasteiger partial charge >= 0.3 is 0 Å². The van der Waals surface area contributed by atoms with E-state index in [2.05, 4.69) is 15.5 Å². The molecule has 9 heteroatoms. The Labute approximate surface area is 181 Å². The van der Waals surface area contributed by atoms with Crippen molar-refractivity contribution >= 4 is 46.3 Å². The van der Waals surface area contributed by atoms with Crippen molar-refractivity contribution in [2.45, 2.75) is 6.92 Å². The number of rotatable bonds is 5. The van der Waals surface area contributed by atoms with Crippen LogP contribution in [0, 0.1) is 12.7 Å². The van der Waals surface area contributed by atoms with Gasteiger partial charge in [-0.3, -0.25) is 14.5 Å². The Kier molecular flexibility index (Phi) is 5.94. The largest absolute Gasteiger partial charge is 0.360 e. The molecular formula is C22H17FN4O3S. The van der Waals surface area contributed by atoms with E-state index in [1.807, 2.05) is 30.3 Å². The Morgan fingerprint density at radius 2 is 1.94 bits per heavy atom. The van der Waals surface area contributed by atoms with E-state index in [9.17, 15) is 14.0 Å². The molecule has 0 saturated heterocycles. The predicted molar refractivity (Wildman–Crippen MR) is 118 cm³/mol. The van der Waals surface area contributed by atoms with Crippen molar-refractivity contribution in [3.63, 3.8) is 0 Å². The quantitative estimate of drug-likeness (QED) is 0.605. The van der Waals surface area contributed by atoms with Crippen molar-refractivity contribution in [2.24, 2.45) is 4.99 Å². The minimum atomic E-state index is -0.413. The third-order valence-electron chi connectivity index (χ3n) is 4.25. The van der Waals surface area contributed by atoms with Crippen LogP contribution >= 0.6 is 11.8 Å². The summed E-state index contributed by atoms with van der Waals surface area (Å²) in [5, 5.41) is 6.67. The number of anilines is 2. The number of nitrogens with one attached hydrogen (secondary N) is 1. The van der Waals surface area contributed by atoms with Gasteiger partial charge in [0.2, 0.25) is 5.91 Å². The molecule has 0 unspecified atom stereocenters. The van der Waals surface area contributed by atoms with E-state index in [4.69, 9.17) is 4.52 Å². The minimum absolute atomic E-state index is 0.00562. The van der Waals surface area contributed by atoms with Crippen LogP contribution in [-0.4, -0.2) is 27.9 Å². The number of carbonyl (C=O) groups is 2. The van der Waals surface area contributed by atoms with Crippen molar-refractivity contribution in [2.75, 3.05) is 16.0 Å². The lowest BCUT2D eigenvalue weighted by atomic mass is 10.2. The summed E-state index contributed by atoms with van der Waals surface area (Å²) < 4.78 is 18.3. The molecule has 4 rings (SSSR count). The molecule has 31 heavy (non-hydrogen) atoms. The van der Waals surface area contributed by atoms with Crippen molar-refractivity contribution in [1.29, 1.82) is 0 Å². The second-order valence-corrected chi connectivity index (χ2v) is 7.55. The summed E-state index contributed by atoms with van der Waals surface area (Å²) in [4.78, 5) is 31.1. The van der Waals surface area contributed by atoms with Gasteiger partial charge < -0.3 is 9.84 Å². The van der Waals surface area contributed by atoms with Crippen molar-refractivity contribution in [3.8, 4) is 0 Å². The van der Waals surface area contributed by atoms with Crippen LogP contribution in [0.25, 0.3) is 6.08 Å². The van der Waals surface area contributed by atoms with Gasteiger partial charge in [0, 0.05) is 6.07 Å². The number of thioether (sulfide) groups is 1. The zero-order chi connectivity index (χ0) is 21.8. The van der Waals surface area contributed by atoms with E-state index in [1.54, 1.807) is 19.1 Å². The average molecular weight is 436 g/mol. The SMILES string of the molecule is Cc1cc(NC(=O)CSC2=NC(=Cc3ccccc3)C(=O)N2c2ccc(F)cc2)no1. The maximum atomic E-state index is 13.4. The smallest absolute Gasteiger partial charge is 0.283 e. The molecule has 1 aromatic heterocycles. The van der Waals surface area contributed by atoms with Crippen LogP contribution in [0.5, 0.6) is 0 Å². The number of nitrogens with zero attached hydrogens (tertiary/aromatic N) is 3. The highest BCUT2D eigenvalue weighted by Gasteiger charge is 2.32. The molecule has 0 fully saturated rings. The number of benzene rings is 2. The maximum Gasteiger partial charge on any atom is 0.283 e. The molecule has 0 bridgehead atoms. The molecule has 0 atom stereocenters. The second-order valence-electron chi connectivity index (χ2n) is 6.61. The Balaban J connectivity index is 1.56. The van der Waals surface area contributed by atoms with Crippen LogP contribution in [0.2, 0.25) is 0 Å².